The Morgan fingerprint density at radius 1 is 1.19 bits per heavy atom. The average molecular weight is 309 g/mol. The van der Waals surface area contributed by atoms with Crippen molar-refractivity contribution in [1.82, 2.24) is 0 Å². The summed E-state index contributed by atoms with van der Waals surface area (Å²) in [5.74, 6) is 0.00905. The third-order valence-electron chi connectivity index (χ3n) is 3.91. The Labute approximate surface area is 126 Å². The molecule has 0 unspecified atom stereocenters. The number of nitrogens with one attached hydrogen (secondary N) is 1. The van der Waals surface area contributed by atoms with Gasteiger partial charge in [-0.3, -0.25) is 9.71 Å². The molecule has 0 heterocycles. The number of hydrogen-bond donors (Lipinski definition) is 2. The van der Waals surface area contributed by atoms with Gasteiger partial charge in [-0.1, -0.05) is 37.5 Å². The normalized spacial score (nSPS) is 16.6. The maximum Gasteiger partial charge on any atom is 0.238 e. The molecular formula is C15H23N3O2S. The molecular weight excluding hydrogens is 286 g/mol. The van der Waals surface area contributed by atoms with E-state index >= 15 is 0 Å². The fourth-order valence-electron chi connectivity index (χ4n) is 2.76. The predicted molar refractivity (Wildman–Crippen MR) is 86.1 cm³/mol. The Bertz CT molecular complexity index is 566. The number of hydrogen-bond acceptors (Lipinski definition) is 3. The minimum atomic E-state index is -3.39. The van der Waals surface area contributed by atoms with Crippen LogP contribution in [0.4, 0.5) is 5.69 Å². The first-order chi connectivity index (χ1) is 10.0. The fourth-order valence-corrected chi connectivity index (χ4v) is 4.81. The molecule has 1 aromatic rings. The minimum absolute atomic E-state index is 0.00905. The van der Waals surface area contributed by atoms with Crippen LogP contribution in [0.25, 0.3) is 0 Å². The lowest BCUT2D eigenvalue weighted by Gasteiger charge is -2.31. The lowest BCUT2D eigenvalue weighted by Crippen LogP contribution is -2.41. The third-order valence-corrected chi connectivity index (χ3v) is 6.23. The average Bonchev–Trinajstić information content (AvgIpc) is 2.49. The molecule has 5 nitrogen and oxygen atoms in total. The van der Waals surface area contributed by atoms with Crippen LogP contribution in [0.15, 0.2) is 30.3 Å². The summed E-state index contributed by atoms with van der Waals surface area (Å²) in [6.45, 7) is 0.234. The first kappa shape index (κ1) is 15.8. The predicted octanol–water partition coefficient (Wildman–Crippen LogP) is 2.48. The second kappa shape index (κ2) is 6.93. The van der Waals surface area contributed by atoms with Gasteiger partial charge in [-0.15, -0.1) is 0 Å². The van der Waals surface area contributed by atoms with E-state index in [1.54, 1.807) is 12.1 Å². The van der Waals surface area contributed by atoms with E-state index in [-0.39, 0.29) is 24.1 Å². The molecule has 21 heavy (non-hydrogen) atoms. The van der Waals surface area contributed by atoms with Gasteiger partial charge in [0.2, 0.25) is 10.0 Å². The Morgan fingerprint density at radius 3 is 2.38 bits per heavy atom. The smallest absolute Gasteiger partial charge is 0.238 e. The molecule has 0 atom stereocenters. The molecule has 1 fully saturated rings. The summed E-state index contributed by atoms with van der Waals surface area (Å²) in [6, 6.07) is 9.10. The highest BCUT2D eigenvalue weighted by Crippen LogP contribution is 2.29. The summed E-state index contributed by atoms with van der Waals surface area (Å²) in [6.07, 6.45) is 4.77. The molecule has 0 bridgehead atoms. The number of sulfonamides is 1. The molecule has 0 aromatic heterocycles. The maximum atomic E-state index is 12.9. The Balaban J connectivity index is 2.27. The van der Waals surface area contributed by atoms with Crippen molar-refractivity contribution in [3.05, 3.63) is 30.3 Å². The zero-order chi connectivity index (χ0) is 15.3. The van der Waals surface area contributed by atoms with Gasteiger partial charge in [-0.05, 0) is 25.0 Å². The van der Waals surface area contributed by atoms with Gasteiger partial charge in [0.25, 0.3) is 0 Å². The fraction of sp³-hybridized carbons (Fsp3) is 0.533. The standard InChI is InChI=1S/C15H23N3O2S/c16-15(17)11-12-18(13-7-3-1-4-8-13)21(19,20)14-9-5-2-6-10-14/h1,3-4,7-8,14H,2,5-6,9-12H2,(H3,16,17). The first-order valence-corrected chi connectivity index (χ1v) is 8.91. The van der Waals surface area contributed by atoms with Crippen LogP contribution >= 0.6 is 0 Å². The highest BCUT2D eigenvalue weighted by atomic mass is 32.2. The van der Waals surface area contributed by atoms with Crippen molar-refractivity contribution in [1.29, 1.82) is 5.41 Å². The van der Waals surface area contributed by atoms with Crippen molar-refractivity contribution in [2.24, 2.45) is 5.73 Å². The van der Waals surface area contributed by atoms with Crippen LogP contribution < -0.4 is 10.0 Å². The number of para-hydroxylation sites is 1. The number of amidine groups is 1. The molecule has 1 aromatic carbocycles. The van der Waals surface area contributed by atoms with Gasteiger partial charge >= 0.3 is 0 Å². The molecule has 0 saturated heterocycles. The van der Waals surface area contributed by atoms with Crippen molar-refractivity contribution in [2.75, 3.05) is 10.8 Å². The van der Waals surface area contributed by atoms with Crippen LogP contribution in [0.3, 0.4) is 0 Å². The van der Waals surface area contributed by atoms with Crippen molar-refractivity contribution >= 4 is 21.5 Å². The van der Waals surface area contributed by atoms with E-state index in [1.165, 1.54) is 4.31 Å². The lowest BCUT2D eigenvalue weighted by molar-refractivity contribution is 0.482. The van der Waals surface area contributed by atoms with E-state index < -0.39 is 10.0 Å². The second-order valence-corrected chi connectivity index (χ2v) is 7.63. The summed E-state index contributed by atoms with van der Waals surface area (Å²) in [5, 5.41) is 7.05. The number of anilines is 1. The van der Waals surface area contributed by atoms with E-state index in [1.807, 2.05) is 18.2 Å². The molecule has 0 aliphatic heterocycles. The Morgan fingerprint density at radius 2 is 1.81 bits per heavy atom. The monoisotopic (exact) mass is 309 g/mol. The van der Waals surface area contributed by atoms with Crippen molar-refractivity contribution in [3.63, 3.8) is 0 Å². The van der Waals surface area contributed by atoms with Gasteiger partial charge in [0.15, 0.2) is 0 Å². The van der Waals surface area contributed by atoms with Gasteiger partial charge < -0.3 is 5.73 Å². The summed E-state index contributed by atoms with van der Waals surface area (Å²) in [5.41, 5.74) is 6.06. The van der Waals surface area contributed by atoms with Crippen LogP contribution in [0, 0.1) is 5.41 Å². The highest BCUT2D eigenvalue weighted by Gasteiger charge is 2.33. The van der Waals surface area contributed by atoms with Crippen LogP contribution in [0.1, 0.15) is 38.5 Å². The Hall–Kier alpha value is -1.56. The van der Waals surface area contributed by atoms with E-state index in [0.29, 0.717) is 5.69 Å². The van der Waals surface area contributed by atoms with Gasteiger partial charge in [-0.2, -0.15) is 0 Å². The molecule has 1 aliphatic carbocycles. The van der Waals surface area contributed by atoms with E-state index in [0.717, 1.165) is 32.1 Å². The number of nitrogens with two attached hydrogens (primary N) is 1. The molecule has 1 aliphatic rings. The minimum Gasteiger partial charge on any atom is -0.388 e. The third kappa shape index (κ3) is 3.97. The molecule has 0 radical (unpaired) electrons. The summed E-state index contributed by atoms with van der Waals surface area (Å²) < 4.78 is 27.3. The number of rotatable bonds is 6. The molecule has 3 N–H and O–H groups in total. The first-order valence-electron chi connectivity index (χ1n) is 7.41. The molecule has 116 valence electrons. The van der Waals surface area contributed by atoms with Gasteiger partial charge in [0.05, 0.1) is 16.8 Å². The van der Waals surface area contributed by atoms with Crippen molar-refractivity contribution in [2.45, 2.75) is 43.8 Å². The quantitative estimate of drug-likeness (QED) is 0.625. The van der Waals surface area contributed by atoms with E-state index in [2.05, 4.69) is 0 Å². The zero-order valence-corrected chi connectivity index (χ0v) is 13.0. The zero-order valence-electron chi connectivity index (χ0n) is 12.2. The van der Waals surface area contributed by atoms with Gasteiger partial charge in [0.1, 0.15) is 0 Å². The Kier molecular flexibility index (Phi) is 5.22. The molecule has 0 spiro atoms. The number of nitrogens with zero attached hydrogens (tertiary/aromatic N) is 1. The van der Waals surface area contributed by atoms with Gasteiger partial charge in [-0.25, -0.2) is 8.42 Å². The van der Waals surface area contributed by atoms with Crippen LogP contribution in [-0.2, 0) is 10.0 Å². The largest absolute Gasteiger partial charge is 0.388 e. The molecule has 0 amide bonds. The molecule has 6 heteroatoms. The van der Waals surface area contributed by atoms with E-state index in [4.69, 9.17) is 11.1 Å². The lowest BCUT2D eigenvalue weighted by atomic mass is 10.0. The molecule has 1 saturated carbocycles. The van der Waals surface area contributed by atoms with Crippen molar-refractivity contribution in [3.8, 4) is 0 Å². The second-order valence-electron chi connectivity index (χ2n) is 5.49. The summed E-state index contributed by atoms with van der Waals surface area (Å²) in [4.78, 5) is 0. The van der Waals surface area contributed by atoms with Crippen LogP contribution in [0.2, 0.25) is 0 Å². The van der Waals surface area contributed by atoms with E-state index in [9.17, 15) is 8.42 Å². The number of benzene rings is 1. The van der Waals surface area contributed by atoms with Crippen LogP contribution in [0.5, 0.6) is 0 Å². The topological polar surface area (TPSA) is 87.2 Å². The van der Waals surface area contributed by atoms with Crippen LogP contribution in [-0.4, -0.2) is 26.0 Å². The summed E-state index contributed by atoms with van der Waals surface area (Å²) in [7, 11) is -3.39. The maximum absolute atomic E-state index is 12.9. The van der Waals surface area contributed by atoms with Crippen molar-refractivity contribution < 1.29 is 8.42 Å². The summed E-state index contributed by atoms with van der Waals surface area (Å²) >= 11 is 0. The SMILES string of the molecule is N=C(N)CCN(c1ccccc1)S(=O)(=O)C1CCCCC1. The van der Waals surface area contributed by atoms with Gasteiger partial charge in [0, 0.05) is 13.0 Å². The molecule has 2 rings (SSSR count). The highest BCUT2D eigenvalue weighted by molar-refractivity contribution is 7.93.